The molecule has 0 aromatic heterocycles. The average molecular weight is 521 g/mol. The van der Waals surface area contributed by atoms with Gasteiger partial charge in [0.2, 0.25) is 0 Å². The lowest BCUT2D eigenvalue weighted by atomic mass is 9.57. The molecule has 3 rings (SSSR count). The smallest absolute Gasteiger partial charge is 0.303 e. The zero-order chi connectivity index (χ0) is 28.1. The van der Waals surface area contributed by atoms with Crippen LogP contribution in [-0.2, 0) is 38.1 Å². The molecule has 0 radical (unpaired) electrons. The molecule has 3 aliphatic carbocycles. The molecule has 0 unspecified atom stereocenters. The molecule has 37 heavy (non-hydrogen) atoms. The van der Waals surface area contributed by atoms with E-state index in [0.29, 0.717) is 36.0 Å². The molecule has 3 aliphatic rings. The number of hydrogen-bond acceptors (Lipinski definition) is 9. The van der Waals surface area contributed by atoms with Crippen LogP contribution >= 0.6 is 0 Å². The molecule has 7 atom stereocenters. The summed E-state index contributed by atoms with van der Waals surface area (Å²) in [5.74, 6) is -2.41. The fourth-order valence-electron chi connectivity index (χ4n) is 6.99. The highest BCUT2D eigenvalue weighted by Crippen LogP contribution is 2.65. The molecule has 0 amide bonds. The highest BCUT2D eigenvalue weighted by molar-refractivity contribution is 5.69. The maximum atomic E-state index is 12.5. The van der Waals surface area contributed by atoms with E-state index in [-0.39, 0.29) is 12.3 Å². The highest BCUT2D eigenvalue weighted by atomic mass is 16.6. The Kier molecular flexibility index (Phi) is 7.72. The summed E-state index contributed by atoms with van der Waals surface area (Å²) < 4.78 is 23.2. The van der Waals surface area contributed by atoms with Crippen molar-refractivity contribution in [1.29, 1.82) is 0 Å². The Hall–Kier alpha value is -2.68. The largest absolute Gasteiger partial charge is 0.458 e. The third-order valence-electron chi connectivity index (χ3n) is 8.70. The SMILES string of the molecule is C=C1[C@@H](OC(C)=O)CC[C@]2(C)[C@@H]1C[C@@]1(C(C)(C)O)C[C@H](OC(C)=O)C(C)=C1[C@@H](OC(C)=O)[C@@H]2OC(C)=O. The zero-order valence-electron chi connectivity index (χ0n) is 23.1. The third-order valence-corrected chi connectivity index (χ3v) is 8.70. The van der Waals surface area contributed by atoms with Gasteiger partial charge in [0.15, 0.2) is 6.10 Å². The van der Waals surface area contributed by atoms with Crippen molar-refractivity contribution < 1.29 is 43.2 Å². The summed E-state index contributed by atoms with van der Waals surface area (Å²) >= 11 is 0. The van der Waals surface area contributed by atoms with Gasteiger partial charge >= 0.3 is 23.9 Å². The normalized spacial score (nSPS) is 35.6. The minimum absolute atomic E-state index is 0.250. The molecule has 206 valence electrons. The Morgan fingerprint density at radius 3 is 1.89 bits per heavy atom. The van der Waals surface area contributed by atoms with Crippen LogP contribution in [-0.4, -0.2) is 59.0 Å². The zero-order valence-corrected chi connectivity index (χ0v) is 23.1. The molecule has 9 heteroatoms. The summed E-state index contributed by atoms with van der Waals surface area (Å²) in [4.78, 5) is 48.7. The molecular formula is C28H40O9. The monoisotopic (exact) mass is 520 g/mol. The fourth-order valence-corrected chi connectivity index (χ4v) is 6.99. The number of aliphatic hydroxyl groups is 1. The molecule has 0 bridgehead atoms. The first kappa shape index (κ1) is 28.9. The first-order valence-corrected chi connectivity index (χ1v) is 12.8. The first-order valence-electron chi connectivity index (χ1n) is 12.8. The van der Waals surface area contributed by atoms with Crippen LogP contribution in [0.3, 0.4) is 0 Å². The van der Waals surface area contributed by atoms with E-state index in [1.54, 1.807) is 20.8 Å². The third kappa shape index (κ3) is 5.07. The van der Waals surface area contributed by atoms with Gasteiger partial charge in [-0.05, 0) is 62.7 Å². The summed E-state index contributed by atoms with van der Waals surface area (Å²) in [6.07, 6.45) is -1.62. The summed E-state index contributed by atoms with van der Waals surface area (Å²) in [5, 5.41) is 11.8. The van der Waals surface area contributed by atoms with Crippen LogP contribution in [0.2, 0.25) is 0 Å². The van der Waals surface area contributed by atoms with E-state index >= 15 is 0 Å². The fraction of sp³-hybridized carbons (Fsp3) is 0.714. The number of carbonyl (C=O) groups is 4. The Labute approximate surface area is 218 Å². The molecule has 2 fully saturated rings. The van der Waals surface area contributed by atoms with Crippen LogP contribution in [0.5, 0.6) is 0 Å². The second kappa shape index (κ2) is 9.89. The van der Waals surface area contributed by atoms with Gasteiger partial charge in [-0.3, -0.25) is 19.2 Å². The van der Waals surface area contributed by atoms with Gasteiger partial charge in [0.25, 0.3) is 0 Å². The highest BCUT2D eigenvalue weighted by Gasteiger charge is 2.66. The molecule has 0 aromatic rings. The molecule has 0 spiro atoms. The van der Waals surface area contributed by atoms with Gasteiger partial charge in [-0.15, -0.1) is 0 Å². The van der Waals surface area contributed by atoms with Crippen molar-refractivity contribution in [2.45, 2.75) is 111 Å². The van der Waals surface area contributed by atoms with Crippen LogP contribution in [0, 0.1) is 16.7 Å². The average Bonchev–Trinajstić information content (AvgIpc) is 2.96. The van der Waals surface area contributed by atoms with Crippen molar-refractivity contribution in [3.63, 3.8) is 0 Å². The standard InChI is InChI=1S/C28H40O9/c1-14-20-12-28(26(7,8)33)13-22(35-17(4)30)15(2)23(28)24(36-18(5)31)25(37-19(6)32)27(20,9)11-10-21(14)34-16(3)29/h20-22,24-25,33H,1,10-13H2,2-9H3/t20-,21+,22+,24-,25+,27-,28-/m1/s1. The number of fused-ring (bicyclic) bond motifs is 2. The minimum Gasteiger partial charge on any atom is -0.458 e. The summed E-state index contributed by atoms with van der Waals surface area (Å²) in [5.41, 5.74) is -1.24. The van der Waals surface area contributed by atoms with Crippen molar-refractivity contribution in [2.24, 2.45) is 16.7 Å². The Balaban J connectivity index is 2.34. The lowest BCUT2D eigenvalue weighted by molar-refractivity contribution is -0.178. The van der Waals surface area contributed by atoms with E-state index < -0.39 is 64.7 Å². The van der Waals surface area contributed by atoms with Gasteiger partial charge in [0.1, 0.15) is 18.3 Å². The molecule has 2 saturated carbocycles. The predicted octanol–water partition coefficient (Wildman–Crippen LogP) is 3.57. The van der Waals surface area contributed by atoms with Gasteiger partial charge in [0, 0.05) is 44.9 Å². The number of carbonyl (C=O) groups excluding carboxylic acids is 4. The van der Waals surface area contributed by atoms with Gasteiger partial charge in [-0.2, -0.15) is 0 Å². The topological polar surface area (TPSA) is 125 Å². The van der Waals surface area contributed by atoms with E-state index in [1.165, 1.54) is 27.7 Å². The van der Waals surface area contributed by atoms with Crippen LogP contribution in [0.1, 0.15) is 81.1 Å². The van der Waals surface area contributed by atoms with Crippen molar-refractivity contribution >= 4 is 23.9 Å². The second-order valence-corrected chi connectivity index (χ2v) is 11.6. The van der Waals surface area contributed by atoms with Gasteiger partial charge in [-0.25, -0.2) is 0 Å². The Morgan fingerprint density at radius 1 is 0.892 bits per heavy atom. The van der Waals surface area contributed by atoms with E-state index in [4.69, 9.17) is 18.9 Å². The first-order chi connectivity index (χ1) is 16.9. The maximum absolute atomic E-state index is 12.5. The molecule has 0 saturated heterocycles. The van der Waals surface area contributed by atoms with E-state index in [1.807, 2.05) is 6.92 Å². The van der Waals surface area contributed by atoms with Crippen molar-refractivity contribution in [2.75, 3.05) is 0 Å². The van der Waals surface area contributed by atoms with Gasteiger partial charge in [-0.1, -0.05) is 13.5 Å². The predicted molar refractivity (Wildman–Crippen MR) is 133 cm³/mol. The summed E-state index contributed by atoms with van der Waals surface area (Å²) in [6.45, 7) is 16.7. The van der Waals surface area contributed by atoms with Crippen LogP contribution in [0.15, 0.2) is 23.3 Å². The number of rotatable bonds is 5. The Bertz CT molecular complexity index is 1030. The van der Waals surface area contributed by atoms with E-state index in [9.17, 15) is 24.3 Å². The molecule has 0 aromatic carbocycles. The lowest BCUT2D eigenvalue weighted by Gasteiger charge is -2.50. The van der Waals surface area contributed by atoms with Gasteiger partial charge < -0.3 is 24.1 Å². The molecule has 0 heterocycles. The summed E-state index contributed by atoms with van der Waals surface area (Å²) in [7, 11) is 0. The van der Waals surface area contributed by atoms with Crippen molar-refractivity contribution in [3.8, 4) is 0 Å². The maximum Gasteiger partial charge on any atom is 0.303 e. The minimum atomic E-state index is -1.36. The molecular weight excluding hydrogens is 480 g/mol. The van der Waals surface area contributed by atoms with Crippen LogP contribution in [0.4, 0.5) is 0 Å². The van der Waals surface area contributed by atoms with Crippen molar-refractivity contribution in [1.82, 2.24) is 0 Å². The quantitative estimate of drug-likeness (QED) is 0.329. The van der Waals surface area contributed by atoms with E-state index in [0.717, 1.165) is 0 Å². The van der Waals surface area contributed by atoms with Gasteiger partial charge in [0.05, 0.1) is 5.60 Å². The number of esters is 4. The van der Waals surface area contributed by atoms with Crippen LogP contribution < -0.4 is 0 Å². The number of ether oxygens (including phenoxy) is 4. The second-order valence-electron chi connectivity index (χ2n) is 11.6. The Morgan fingerprint density at radius 2 is 1.41 bits per heavy atom. The molecule has 1 N–H and O–H groups in total. The lowest BCUT2D eigenvalue weighted by Crippen LogP contribution is -2.52. The molecule has 0 aliphatic heterocycles. The molecule has 9 nitrogen and oxygen atoms in total. The van der Waals surface area contributed by atoms with Crippen molar-refractivity contribution in [3.05, 3.63) is 23.3 Å². The van der Waals surface area contributed by atoms with Crippen LogP contribution in [0.25, 0.3) is 0 Å². The van der Waals surface area contributed by atoms with E-state index in [2.05, 4.69) is 6.58 Å². The summed E-state index contributed by atoms with van der Waals surface area (Å²) in [6, 6.07) is 0. The number of hydrogen-bond donors (Lipinski definition) is 1.